The van der Waals surface area contributed by atoms with Crippen molar-refractivity contribution in [3.63, 3.8) is 0 Å². The highest BCUT2D eigenvalue weighted by molar-refractivity contribution is 5.75. The molecule has 0 radical (unpaired) electrons. The molecule has 17 heavy (non-hydrogen) atoms. The van der Waals surface area contributed by atoms with Crippen LogP contribution in [-0.4, -0.2) is 32.3 Å². The van der Waals surface area contributed by atoms with E-state index in [4.69, 9.17) is 10.5 Å². The molecular weight excluding hydrogens is 218 g/mol. The zero-order valence-electron chi connectivity index (χ0n) is 10.1. The van der Waals surface area contributed by atoms with E-state index in [2.05, 4.69) is 16.9 Å². The standard InChI is InChI=1S/C13H19NO3/c1-16-13(15)12(14)8-10-17-9-7-11-5-3-2-4-6-11/h2-6,12H,7-10,14H2,1H3. The van der Waals surface area contributed by atoms with Gasteiger partial charge in [0.25, 0.3) is 0 Å². The fourth-order valence-electron chi connectivity index (χ4n) is 1.42. The molecule has 2 N–H and O–H groups in total. The molecule has 4 heteroatoms. The summed E-state index contributed by atoms with van der Waals surface area (Å²) in [5, 5.41) is 0. The van der Waals surface area contributed by atoms with Gasteiger partial charge in [0, 0.05) is 6.61 Å². The second-order valence-corrected chi connectivity index (χ2v) is 3.77. The van der Waals surface area contributed by atoms with Gasteiger partial charge in [-0.25, -0.2) is 0 Å². The topological polar surface area (TPSA) is 61.5 Å². The van der Waals surface area contributed by atoms with Crippen molar-refractivity contribution in [1.29, 1.82) is 0 Å². The fraction of sp³-hybridized carbons (Fsp3) is 0.462. The second kappa shape index (κ2) is 7.81. The maximum Gasteiger partial charge on any atom is 0.322 e. The molecule has 0 amide bonds. The number of hydrogen-bond acceptors (Lipinski definition) is 4. The first-order chi connectivity index (χ1) is 8.24. The van der Waals surface area contributed by atoms with E-state index in [0.29, 0.717) is 19.6 Å². The van der Waals surface area contributed by atoms with Crippen LogP contribution in [0.3, 0.4) is 0 Å². The third kappa shape index (κ3) is 5.47. The third-order valence-electron chi connectivity index (χ3n) is 2.46. The van der Waals surface area contributed by atoms with Gasteiger partial charge in [0.05, 0.1) is 13.7 Å². The molecule has 1 aromatic carbocycles. The summed E-state index contributed by atoms with van der Waals surface area (Å²) in [6.45, 7) is 1.11. The van der Waals surface area contributed by atoms with Crippen LogP contribution in [0.1, 0.15) is 12.0 Å². The van der Waals surface area contributed by atoms with Crippen molar-refractivity contribution < 1.29 is 14.3 Å². The van der Waals surface area contributed by atoms with Crippen LogP contribution in [0.5, 0.6) is 0 Å². The lowest BCUT2D eigenvalue weighted by atomic mass is 10.2. The number of methoxy groups -OCH3 is 1. The van der Waals surface area contributed by atoms with Crippen molar-refractivity contribution in [1.82, 2.24) is 0 Å². The molecule has 0 spiro atoms. The Morgan fingerprint density at radius 1 is 1.29 bits per heavy atom. The number of rotatable bonds is 7. The van der Waals surface area contributed by atoms with Crippen LogP contribution < -0.4 is 5.73 Å². The number of hydrogen-bond donors (Lipinski definition) is 1. The van der Waals surface area contributed by atoms with Gasteiger partial charge in [0.2, 0.25) is 0 Å². The molecule has 0 fully saturated rings. The van der Waals surface area contributed by atoms with Crippen LogP contribution in [-0.2, 0) is 20.7 Å². The van der Waals surface area contributed by atoms with E-state index in [0.717, 1.165) is 6.42 Å². The van der Waals surface area contributed by atoms with E-state index in [1.807, 2.05) is 18.2 Å². The van der Waals surface area contributed by atoms with Crippen molar-refractivity contribution in [2.75, 3.05) is 20.3 Å². The molecule has 1 unspecified atom stereocenters. The number of ether oxygens (including phenoxy) is 2. The van der Waals surface area contributed by atoms with Gasteiger partial charge < -0.3 is 15.2 Å². The molecule has 1 aromatic rings. The molecule has 0 bridgehead atoms. The van der Waals surface area contributed by atoms with Gasteiger partial charge in [0.15, 0.2) is 0 Å². The summed E-state index contributed by atoms with van der Waals surface area (Å²) in [5.74, 6) is -0.392. The van der Waals surface area contributed by atoms with E-state index in [1.165, 1.54) is 12.7 Å². The molecule has 0 aliphatic heterocycles. The highest BCUT2D eigenvalue weighted by Crippen LogP contribution is 2.00. The molecule has 1 atom stereocenters. The van der Waals surface area contributed by atoms with Crippen molar-refractivity contribution in [3.8, 4) is 0 Å². The lowest BCUT2D eigenvalue weighted by Gasteiger charge is -2.09. The average Bonchev–Trinajstić information content (AvgIpc) is 2.38. The molecular formula is C13H19NO3. The lowest BCUT2D eigenvalue weighted by Crippen LogP contribution is -2.32. The van der Waals surface area contributed by atoms with Gasteiger partial charge in [-0.1, -0.05) is 30.3 Å². The van der Waals surface area contributed by atoms with E-state index in [-0.39, 0.29) is 0 Å². The molecule has 1 rings (SSSR count). The second-order valence-electron chi connectivity index (χ2n) is 3.77. The van der Waals surface area contributed by atoms with Crippen LogP contribution in [0.4, 0.5) is 0 Å². The summed E-state index contributed by atoms with van der Waals surface area (Å²) in [7, 11) is 1.33. The van der Waals surface area contributed by atoms with Gasteiger partial charge >= 0.3 is 5.97 Å². The van der Waals surface area contributed by atoms with E-state index in [9.17, 15) is 4.79 Å². The number of esters is 1. The fourth-order valence-corrected chi connectivity index (χ4v) is 1.42. The van der Waals surface area contributed by atoms with E-state index < -0.39 is 12.0 Å². The highest BCUT2D eigenvalue weighted by atomic mass is 16.5. The first kappa shape index (κ1) is 13.7. The highest BCUT2D eigenvalue weighted by Gasteiger charge is 2.12. The molecule has 0 aromatic heterocycles. The monoisotopic (exact) mass is 237 g/mol. The zero-order chi connectivity index (χ0) is 12.5. The van der Waals surface area contributed by atoms with Gasteiger partial charge in [-0.3, -0.25) is 4.79 Å². The summed E-state index contributed by atoms with van der Waals surface area (Å²) in [5.41, 5.74) is 6.81. The van der Waals surface area contributed by atoms with Crippen LogP contribution in [0.2, 0.25) is 0 Å². The van der Waals surface area contributed by atoms with Gasteiger partial charge in [-0.2, -0.15) is 0 Å². The Bertz CT molecular complexity index is 327. The number of carbonyl (C=O) groups excluding carboxylic acids is 1. The van der Waals surface area contributed by atoms with Gasteiger partial charge in [-0.15, -0.1) is 0 Å². The summed E-state index contributed by atoms with van der Waals surface area (Å²) in [6, 6.07) is 9.52. The van der Waals surface area contributed by atoms with Crippen LogP contribution in [0.15, 0.2) is 30.3 Å². The Balaban J connectivity index is 2.07. The summed E-state index contributed by atoms with van der Waals surface area (Å²) >= 11 is 0. The minimum absolute atomic E-state index is 0.392. The van der Waals surface area contributed by atoms with Crippen LogP contribution in [0, 0.1) is 0 Å². The predicted molar refractivity (Wildman–Crippen MR) is 65.6 cm³/mol. The molecule has 4 nitrogen and oxygen atoms in total. The van der Waals surface area contributed by atoms with Gasteiger partial charge in [0.1, 0.15) is 6.04 Å². The number of nitrogens with two attached hydrogens (primary N) is 1. The van der Waals surface area contributed by atoms with E-state index in [1.54, 1.807) is 0 Å². The normalized spacial score (nSPS) is 12.1. The summed E-state index contributed by atoms with van der Waals surface area (Å²) < 4.78 is 9.93. The molecule has 0 saturated heterocycles. The maximum atomic E-state index is 11.0. The van der Waals surface area contributed by atoms with Crippen molar-refractivity contribution >= 4 is 5.97 Å². The quantitative estimate of drug-likeness (QED) is 0.570. The van der Waals surface area contributed by atoms with Crippen molar-refractivity contribution in [3.05, 3.63) is 35.9 Å². The maximum absolute atomic E-state index is 11.0. The first-order valence-corrected chi connectivity index (χ1v) is 5.69. The average molecular weight is 237 g/mol. The summed E-state index contributed by atoms with van der Waals surface area (Å²) in [4.78, 5) is 11.0. The molecule has 0 aliphatic carbocycles. The van der Waals surface area contributed by atoms with Crippen LogP contribution >= 0.6 is 0 Å². The predicted octanol–water partition coefficient (Wildman–Crippen LogP) is 1.14. The minimum Gasteiger partial charge on any atom is -0.468 e. The smallest absolute Gasteiger partial charge is 0.322 e. The SMILES string of the molecule is COC(=O)C(N)CCOCCc1ccccc1. The minimum atomic E-state index is -0.586. The Kier molecular flexibility index (Phi) is 6.29. The van der Waals surface area contributed by atoms with Crippen molar-refractivity contribution in [2.45, 2.75) is 18.9 Å². The van der Waals surface area contributed by atoms with Crippen molar-refractivity contribution in [2.24, 2.45) is 5.73 Å². The Hall–Kier alpha value is -1.39. The molecule has 0 saturated carbocycles. The Morgan fingerprint density at radius 3 is 2.65 bits per heavy atom. The number of carbonyl (C=O) groups is 1. The van der Waals surface area contributed by atoms with Crippen LogP contribution in [0.25, 0.3) is 0 Å². The van der Waals surface area contributed by atoms with Gasteiger partial charge in [-0.05, 0) is 18.4 Å². The molecule has 0 aliphatic rings. The first-order valence-electron chi connectivity index (χ1n) is 5.69. The van der Waals surface area contributed by atoms with E-state index >= 15 is 0 Å². The Labute approximate surface area is 102 Å². The Morgan fingerprint density at radius 2 is 2.00 bits per heavy atom. The largest absolute Gasteiger partial charge is 0.468 e. The lowest BCUT2D eigenvalue weighted by molar-refractivity contribution is -0.142. The molecule has 0 heterocycles. The number of benzene rings is 1. The molecule has 94 valence electrons. The summed E-state index contributed by atoms with van der Waals surface area (Å²) in [6.07, 6.45) is 1.36. The third-order valence-corrected chi connectivity index (χ3v) is 2.46. The zero-order valence-corrected chi connectivity index (χ0v) is 10.1.